The quantitative estimate of drug-likeness (QED) is 0.611. The van der Waals surface area contributed by atoms with Crippen LogP contribution in [0.15, 0.2) is 31.6 Å². The largest absolute Gasteiger partial charge is 0.214 e. The molecule has 0 aliphatic carbocycles. The number of hydrogen-bond acceptors (Lipinski definition) is 4. The number of rotatable bonds is 0. The van der Waals surface area contributed by atoms with Crippen molar-refractivity contribution in [3.63, 3.8) is 0 Å². The van der Waals surface area contributed by atoms with Gasteiger partial charge >= 0.3 is 0 Å². The molecule has 2 rings (SSSR count). The van der Waals surface area contributed by atoms with E-state index in [-0.39, 0.29) is 0 Å². The Bertz CT molecular complexity index is 768. The highest BCUT2D eigenvalue weighted by Crippen LogP contribution is 2.21. The van der Waals surface area contributed by atoms with Gasteiger partial charge < -0.3 is 0 Å². The van der Waals surface area contributed by atoms with Crippen molar-refractivity contribution in [2.75, 3.05) is 0 Å². The van der Waals surface area contributed by atoms with E-state index in [1.165, 1.54) is 0 Å². The fraction of sp³-hybridized carbons (Fsp3) is 0.222. The molecule has 0 radical (unpaired) electrons. The van der Waals surface area contributed by atoms with Gasteiger partial charge in [0.15, 0.2) is 11.6 Å². The van der Waals surface area contributed by atoms with E-state index >= 15 is 0 Å². The van der Waals surface area contributed by atoms with E-state index in [1.807, 2.05) is 0 Å². The molecule has 0 atom stereocenters. The molecule has 0 saturated heterocycles. The Kier molecular flexibility index (Phi) is 4.72. The summed E-state index contributed by atoms with van der Waals surface area (Å²) in [4.78, 5) is 17.4. The molecule has 4 nitrogen and oxygen atoms in total. The zero-order valence-electron chi connectivity index (χ0n) is 12.8. The maximum absolute atomic E-state index is 4.35. The topological polar surface area (TPSA) is 49.4 Å². The van der Waals surface area contributed by atoms with Crippen molar-refractivity contribution in [3.05, 3.63) is 11.6 Å². The van der Waals surface area contributed by atoms with Crippen LogP contribution in [0, 0.1) is 47.4 Å². The summed E-state index contributed by atoms with van der Waals surface area (Å²) in [5.74, 6) is 23.5. The molecule has 4 heteroatoms. The number of nitrogens with zero attached hydrogens (tertiary/aromatic N) is 4. The first kappa shape index (κ1) is 15.1. The molecule has 0 fully saturated rings. The average molecular weight is 284 g/mol. The molecule has 0 amide bonds. The van der Waals surface area contributed by atoms with Gasteiger partial charge in [0, 0.05) is 0 Å². The Balaban J connectivity index is 2.59. The molecule has 0 spiro atoms. The zero-order chi connectivity index (χ0) is 15.9. The van der Waals surface area contributed by atoms with Gasteiger partial charge in [0.05, 0.1) is 0 Å². The van der Waals surface area contributed by atoms with Gasteiger partial charge in [0.1, 0.15) is 22.8 Å². The third-order valence-electron chi connectivity index (χ3n) is 2.49. The Morgan fingerprint density at radius 3 is 0.864 bits per heavy atom. The van der Waals surface area contributed by atoms with Crippen LogP contribution in [-0.4, -0.2) is 22.8 Å². The smallest absolute Gasteiger partial charge is 0.200 e. The second-order valence-electron chi connectivity index (χ2n) is 3.99. The van der Waals surface area contributed by atoms with Gasteiger partial charge in [-0.1, -0.05) is 23.7 Å². The van der Waals surface area contributed by atoms with Gasteiger partial charge in [0.2, 0.25) is 0 Å². The van der Waals surface area contributed by atoms with Crippen molar-refractivity contribution in [1.82, 2.24) is 0 Å². The Morgan fingerprint density at radius 2 is 0.682 bits per heavy atom. The van der Waals surface area contributed by atoms with Crippen molar-refractivity contribution in [2.45, 2.75) is 27.7 Å². The molecular formula is C18H12N4. The van der Waals surface area contributed by atoms with Gasteiger partial charge in [-0.3, -0.25) is 0 Å². The van der Waals surface area contributed by atoms with E-state index in [9.17, 15) is 0 Å². The molecule has 0 aromatic rings. The average Bonchev–Trinajstić information content (AvgIpc) is 3.06. The molecular weight excluding hydrogens is 272 g/mol. The van der Waals surface area contributed by atoms with Crippen LogP contribution in [0.25, 0.3) is 0 Å². The van der Waals surface area contributed by atoms with Crippen LogP contribution in [0.3, 0.4) is 0 Å². The van der Waals surface area contributed by atoms with Gasteiger partial charge in [-0.05, 0) is 51.4 Å². The second kappa shape index (κ2) is 6.90. The fourth-order valence-corrected chi connectivity index (χ4v) is 1.71. The maximum Gasteiger partial charge on any atom is 0.200 e. The van der Waals surface area contributed by atoms with Crippen molar-refractivity contribution in [3.8, 4) is 47.4 Å². The lowest BCUT2D eigenvalue weighted by molar-refractivity contribution is 1.13. The standard InChI is InChI=1S/C18H12N4/c1-5-9-13-14(10-6-2)20-17(19-13)18-21-15(11-7-3)16(22-18)12-8-4/h1-4H3. The lowest BCUT2D eigenvalue weighted by Gasteiger charge is -1.88. The minimum Gasteiger partial charge on any atom is -0.214 e. The summed E-state index contributed by atoms with van der Waals surface area (Å²) in [5, 5.41) is 0. The van der Waals surface area contributed by atoms with Crippen LogP contribution in [0.4, 0.5) is 0 Å². The van der Waals surface area contributed by atoms with Crippen LogP contribution >= 0.6 is 0 Å². The molecule has 0 unspecified atom stereocenters. The highest BCUT2D eigenvalue weighted by Gasteiger charge is 2.22. The first-order valence-corrected chi connectivity index (χ1v) is 6.54. The van der Waals surface area contributed by atoms with Crippen LogP contribution < -0.4 is 0 Å². The van der Waals surface area contributed by atoms with Crippen molar-refractivity contribution >= 4 is 22.8 Å². The van der Waals surface area contributed by atoms with Crippen molar-refractivity contribution < 1.29 is 0 Å². The number of aliphatic imine (C=N–C) groups is 4. The minimum atomic E-state index is 0.388. The second-order valence-corrected chi connectivity index (χ2v) is 3.99. The van der Waals surface area contributed by atoms with Crippen LogP contribution in [0.1, 0.15) is 27.7 Å². The number of hydrogen-bond donors (Lipinski definition) is 0. The summed E-state index contributed by atoms with van der Waals surface area (Å²) in [6.07, 6.45) is 0. The van der Waals surface area contributed by atoms with Gasteiger partial charge in [-0.15, -0.1) is 0 Å². The first-order chi connectivity index (χ1) is 10.7. The molecule has 2 heterocycles. The molecule has 2 aliphatic rings. The lowest BCUT2D eigenvalue weighted by Crippen LogP contribution is -2.05. The predicted molar refractivity (Wildman–Crippen MR) is 90.6 cm³/mol. The molecule has 2 aliphatic heterocycles. The summed E-state index contributed by atoms with van der Waals surface area (Å²) >= 11 is 0. The first-order valence-electron chi connectivity index (χ1n) is 6.54. The van der Waals surface area contributed by atoms with Crippen molar-refractivity contribution in [1.29, 1.82) is 0 Å². The SMILES string of the molecule is CC#CC1=NC(=C2N=C(C#CC)C(C#CC)=N2)N=C1C#CC. The minimum absolute atomic E-state index is 0.388. The normalized spacial score (nSPS) is 14.7. The highest BCUT2D eigenvalue weighted by molar-refractivity contribution is 6.56. The molecule has 0 N–H and O–H groups in total. The molecule has 0 saturated carbocycles. The summed E-state index contributed by atoms with van der Waals surface area (Å²) in [6.45, 7) is 6.95. The predicted octanol–water partition coefficient (Wildman–Crippen LogP) is 2.00. The Labute approximate surface area is 130 Å². The molecule has 0 aromatic carbocycles. The van der Waals surface area contributed by atoms with E-state index in [0.29, 0.717) is 34.5 Å². The third-order valence-corrected chi connectivity index (χ3v) is 2.49. The van der Waals surface area contributed by atoms with E-state index in [0.717, 1.165) is 0 Å². The molecule has 104 valence electrons. The molecule has 22 heavy (non-hydrogen) atoms. The van der Waals surface area contributed by atoms with E-state index in [4.69, 9.17) is 0 Å². The summed E-state index contributed by atoms with van der Waals surface area (Å²) in [7, 11) is 0. The van der Waals surface area contributed by atoms with E-state index in [1.54, 1.807) is 27.7 Å². The van der Waals surface area contributed by atoms with Crippen LogP contribution in [-0.2, 0) is 0 Å². The third kappa shape index (κ3) is 3.04. The zero-order valence-corrected chi connectivity index (χ0v) is 12.8. The van der Waals surface area contributed by atoms with Crippen molar-refractivity contribution in [2.24, 2.45) is 20.0 Å². The Morgan fingerprint density at radius 1 is 0.455 bits per heavy atom. The highest BCUT2D eigenvalue weighted by atomic mass is 15.1. The van der Waals surface area contributed by atoms with Crippen LogP contribution in [0.5, 0.6) is 0 Å². The van der Waals surface area contributed by atoms with E-state index < -0.39 is 0 Å². The maximum atomic E-state index is 4.35. The molecule has 0 bridgehead atoms. The molecule has 0 aromatic heterocycles. The van der Waals surface area contributed by atoms with Crippen LogP contribution in [0.2, 0.25) is 0 Å². The fourth-order valence-electron chi connectivity index (χ4n) is 1.71. The van der Waals surface area contributed by atoms with Gasteiger partial charge in [-0.25, -0.2) is 20.0 Å². The monoisotopic (exact) mass is 284 g/mol. The van der Waals surface area contributed by atoms with E-state index in [2.05, 4.69) is 67.3 Å². The summed E-state index contributed by atoms with van der Waals surface area (Å²) in [6, 6.07) is 0. The summed E-state index contributed by atoms with van der Waals surface area (Å²) < 4.78 is 0. The van der Waals surface area contributed by atoms with Gasteiger partial charge in [-0.2, -0.15) is 0 Å². The summed E-state index contributed by atoms with van der Waals surface area (Å²) in [5.41, 5.74) is 2.12. The lowest BCUT2D eigenvalue weighted by atomic mass is 10.2. The Hall–Kier alpha value is -3.34. The van der Waals surface area contributed by atoms with Gasteiger partial charge in [0.25, 0.3) is 0 Å².